The smallest absolute Gasteiger partial charge is 0.329 e. The van der Waals surface area contributed by atoms with Crippen molar-refractivity contribution < 1.29 is 14.3 Å². The first-order valence-electron chi connectivity index (χ1n) is 8.80. The van der Waals surface area contributed by atoms with E-state index in [4.69, 9.17) is 4.74 Å². The summed E-state index contributed by atoms with van der Waals surface area (Å²) in [5.41, 5.74) is 0.959. The van der Waals surface area contributed by atoms with E-state index in [1.54, 1.807) is 4.90 Å². The molecule has 0 spiro atoms. The Hall–Kier alpha value is -1.88. The third-order valence-corrected chi connectivity index (χ3v) is 4.90. The van der Waals surface area contributed by atoms with Gasteiger partial charge in [-0.05, 0) is 30.9 Å². The number of benzene rings is 1. The molecule has 0 aromatic heterocycles. The number of likely N-dealkylation sites (tertiary alicyclic amines) is 1. The molecule has 1 aromatic rings. The predicted octanol–water partition coefficient (Wildman–Crippen LogP) is 1.96. The average Bonchev–Trinajstić information content (AvgIpc) is 3.14. The molecule has 0 bridgehead atoms. The molecule has 2 heterocycles. The molecule has 24 heavy (non-hydrogen) atoms. The van der Waals surface area contributed by atoms with Crippen molar-refractivity contribution in [1.29, 1.82) is 0 Å². The molecule has 0 aliphatic carbocycles. The van der Waals surface area contributed by atoms with Crippen molar-refractivity contribution in [2.75, 3.05) is 13.1 Å². The number of carbonyl (C=O) groups is 2. The van der Waals surface area contributed by atoms with E-state index in [1.807, 2.05) is 30.3 Å². The van der Waals surface area contributed by atoms with Crippen LogP contribution < -0.4 is 5.32 Å². The predicted molar refractivity (Wildman–Crippen MR) is 91.1 cm³/mol. The first kappa shape index (κ1) is 17.0. The van der Waals surface area contributed by atoms with Gasteiger partial charge in [0.1, 0.15) is 12.6 Å². The summed E-state index contributed by atoms with van der Waals surface area (Å²) in [5, 5.41) is 3.26. The standard InChI is InChI=1S/C19H26N2O3/c1-13(2)10-16(19(23)24-12-14-6-4-3-5-7-14)21-11-15-8-9-20-17(15)18(21)22/h3-7,13,15-17,20H,8-12H2,1-2H3/t15?,16-,17+/m1/s1. The Morgan fingerprint density at radius 3 is 2.75 bits per heavy atom. The van der Waals surface area contributed by atoms with Crippen molar-refractivity contribution in [3.63, 3.8) is 0 Å². The molecular formula is C19H26N2O3. The van der Waals surface area contributed by atoms with E-state index in [1.165, 1.54) is 0 Å². The Bertz CT molecular complexity index is 588. The van der Waals surface area contributed by atoms with Crippen LogP contribution in [-0.4, -0.2) is 41.9 Å². The quantitative estimate of drug-likeness (QED) is 0.810. The number of ether oxygens (including phenoxy) is 1. The zero-order chi connectivity index (χ0) is 17.1. The highest BCUT2D eigenvalue weighted by Crippen LogP contribution is 2.29. The first-order valence-corrected chi connectivity index (χ1v) is 8.80. The van der Waals surface area contributed by atoms with E-state index in [0.717, 1.165) is 18.5 Å². The normalized spacial score (nSPS) is 24.3. The summed E-state index contributed by atoms with van der Waals surface area (Å²) in [6.07, 6.45) is 1.64. The minimum absolute atomic E-state index is 0.0554. The zero-order valence-electron chi connectivity index (χ0n) is 14.4. The number of amides is 1. The van der Waals surface area contributed by atoms with Crippen LogP contribution in [0.15, 0.2) is 30.3 Å². The van der Waals surface area contributed by atoms with Crippen LogP contribution in [0.3, 0.4) is 0 Å². The van der Waals surface area contributed by atoms with Gasteiger partial charge in [0.05, 0.1) is 6.04 Å². The molecule has 2 saturated heterocycles. The Morgan fingerprint density at radius 2 is 2.08 bits per heavy atom. The number of esters is 1. The lowest BCUT2D eigenvalue weighted by Crippen LogP contribution is -2.47. The molecule has 5 heteroatoms. The summed E-state index contributed by atoms with van der Waals surface area (Å²) >= 11 is 0. The first-order chi connectivity index (χ1) is 11.6. The zero-order valence-corrected chi connectivity index (χ0v) is 14.4. The summed E-state index contributed by atoms with van der Waals surface area (Å²) in [4.78, 5) is 27.1. The minimum Gasteiger partial charge on any atom is -0.459 e. The second-order valence-corrected chi connectivity index (χ2v) is 7.21. The topological polar surface area (TPSA) is 58.6 Å². The number of nitrogens with zero attached hydrogens (tertiary/aromatic N) is 1. The molecular weight excluding hydrogens is 304 g/mol. The molecule has 3 atom stereocenters. The van der Waals surface area contributed by atoms with Crippen LogP contribution in [0.25, 0.3) is 0 Å². The van der Waals surface area contributed by atoms with E-state index in [9.17, 15) is 9.59 Å². The average molecular weight is 330 g/mol. The molecule has 1 N–H and O–H groups in total. The van der Waals surface area contributed by atoms with Crippen molar-refractivity contribution in [3.05, 3.63) is 35.9 Å². The number of nitrogens with one attached hydrogen (secondary N) is 1. The van der Waals surface area contributed by atoms with Crippen molar-refractivity contribution in [2.45, 2.75) is 45.4 Å². The molecule has 1 aromatic carbocycles. The molecule has 1 amide bonds. The number of fused-ring (bicyclic) bond motifs is 1. The number of hydrogen-bond acceptors (Lipinski definition) is 4. The Balaban J connectivity index is 1.67. The summed E-state index contributed by atoms with van der Waals surface area (Å²) in [6.45, 7) is 5.94. The van der Waals surface area contributed by atoms with Crippen LogP contribution in [-0.2, 0) is 20.9 Å². The van der Waals surface area contributed by atoms with Gasteiger partial charge in [-0.3, -0.25) is 4.79 Å². The fourth-order valence-corrected chi connectivity index (χ4v) is 3.67. The van der Waals surface area contributed by atoms with Gasteiger partial charge < -0.3 is 15.0 Å². The molecule has 2 fully saturated rings. The second-order valence-electron chi connectivity index (χ2n) is 7.21. The summed E-state index contributed by atoms with van der Waals surface area (Å²) in [5.74, 6) is 0.412. The van der Waals surface area contributed by atoms with E-state index >= 15 is 0 Å². The third-order valence-electron chi connectivity index (χ3n) is 4.90. The SMILES string of the molecule is CC(C)C[C@H](C(=O)OCc1ccccc1)N1CC2CCN[C@@H]2C1=O. The lowest BCUT2D eigenvalue weighted by atomic mass is 10.0. The fraction of sp³-hybridized carbons (Fsp3) is 0.579. The van der Waals surface area contributed by atoms with Gasteiger partial charge in [-0.15, -0.1) is 0 Å². The summed E-state index contributed by atoms with van der Waals surface area (Å²) in [6, 6.07) is 9.05. The highest BCUT2D eigenvalue weighted by atomic mass is 16.5. The molecule has 2 aliphatic heterocycles. The number of carbonyl (C=O) groups excluding carboxylic acids is 2. The van der Waals surface area contributed by atoms with Gasteiger partial charge in [0.2, 0.25) is 5.91 Å². The van der Waals surface area contributed by atoms with Crippen molar-refractivity contribution in [3.8, 4) is 0 Å². The van der Waals surface area contributed by atoms with Gasteiger partial charge in [0.25, 0.3) is 0 Å². The van der Waals surface area contributed by atoms with Crippen molar-refractivity contribution in [1.82, 2.24) is 10.2 Å². The molecule has 1 unspecified atom stereocenters. The van der Waals surface area contributed by atoms with Crippen molar-refractivity contribution in [2.24, 2.45) is 11.8 Å². The Kier molecular flexibility index (Phi) is 5.19. The maximum atomic E-state index is 12.7. The molecule has 0 saturated carbocycles. The highest BCUT2D eigenvalue weighted by Gasteiger charge is 2.47. The van der Waals surface area contributed by atoms with Crippen LogP contribution in [0.1, 0.15) is 32.3 Å². The van der Waals surface area contributed by atoms with Gasteiger partial charge >= 0.3 is 5.97 Å². The highest BCUT2D eigenvalue weighted by molar-refractivity contribution is 5.90. The summed E-state index contributed by atoms with van der Waals surface area (Å²) < 4.78 is 5.52. The maximum absolute atomic E-state index is 12.7. The largest absolute Gasteiger partial charge is 0.459 e. The Labute approximate surface area is 143 Å². The Morgan fingerprint density at radius 1 is 1.33 bits per heavy atom. The molecule has 5 nitrogen and oxygen atoms in total. The number of rotatable bonds is 6. The van der Waals surface area contributed by atoms with E-state index in [2.05, 4.69) is 19.2 Å². The van der Waals surface area contributed by atoms with Gasteiger partial charge in [-0.1, -0.05) is 44.2 Å². The minimum atomic E-state index is -0.478. The number of hydrogen-bond donors (Lipinski definition) is 1. The molecule has 3 rings (SSSR count). The second kappa shape index (κ2) is 7.34. The lowest BCUT2D eigenvalue weighted by Gasteiger charge is -2.28. The third kappa shape index (κ3) is 3.61. The van der Waals surface area contributed by atoms with Crippen LogP contribution in [0.4, 0.5) is 0 Å². The van der Waals surface area contributed by atoms with E-state index in [-0.39, 0.29) is 24.5 Å². The van der Waals surface area contributed by atoms with Crippen molar-refractivity contribution >= 4 is 11.9 Å². The molecule has 130 valence electrons. The van der Waals surface area contributed by atoms with Crippen LogP contribution >= 0.6 is 0 Å². The molecule has 2 aliphatic rings. The van der Waals surface area contributed by atoms with Crippen LogP contribution in [0, 0.1) is 11.8 Å². The van der Waals surface area contributed by atoms with Gasteiger partial charge in [0.15, 0.2) is 0 Å². The monoisotopic (exact) mass is 330 g/mol. The van der Waals surface area contributed by atoms with E-state index in [0.29, 0.717) is 24.8 Å². The van der Waals surface area contributed by atoms with Crippen LogP contribution in [0.2, 0.25) is 0 Å². The van der Waals surface area contributed by atoms with Gasteiger partial charge in [-0.25, -0.2) is 4.79 Å². The fourth-order valence-electron chi connectivity index (χ4n) is 3.67. The lowest BCUT2D eigenvalue weighted by molar-refractivity contribution is -0.156. The maximum Gasteiger partial charge on any atom is 0.329 e. The van der Waals surface area contributed by atoms with Gasteiger partial charge in [-0.2, -0.15) is 0 Å². The van der Waals surface area contributed by atoms with Crippen LogP contribution in [0.5, 0.6) is 0 Å². The summed E-state index contributed by atoms with van der Waals surface area (Å²) in [7, 11) is 0. The molecule has 0 radical (unpaired) electrons. The van der Waals surface area contributed by atoms with E-state index < -0.39 is 6.04 Å². The van der Waals surface area contributed by atoms with Gasteiger partial charge in [0, 0.05) is 12.5 Å².